The molecule has 0 aliphatic heterocycles. The van der Waals surface area contributed by atoms with Crippen molar-refractivity contribution in [1.82, 2.24) is 0 Å². The molecule has 0 unspecified atom stereocenters. The summed E-state index contributed by atoms with van der Waals surface area (Å²) >= 11 is 0. The Kier molecular flexibility index (Phi) is 3.59. The number of rotatable bonds is 4. The van der Waals surface area contributed by atoms with Crippen molar-refractivity contribution in [1.29, 1.82) is 0 Å². The Morgan fingerprint density at radius 2 is 2.00 bits per heavy atom. The molecule has 7 nitrogen and oxygen atoms in total. The number of carbonyl (C=O) groups excluding carboxylic acids is 1. The second-order valence-electron chi connectivity index (χ2n) is 3.59. The van der Waals surface area contributed by atoms with Gasteiger partial charge in [-0.2, -0.15) is 0 Å². The number of nitrogens with zero attached hydrogens (tertiary/aromatic N) is 1. The second-order valence-corrected chi connectivity index (χ2v) is 5.15. The number of carbonyl (C=O) groups is 1. The minimum Gasteiger partial charge on any atom is -0.397 e. The Bertz CT molecular complexity index is 541. The van der Waals surface area contributed by atoms with Gasteiger partial charge in [-0.1, -0.05) is 0 Å². The first-order chi connectivity index (χ1) is 7.71. The number of anilines is 2. The molecule has 0 saturated heterocycles. The van der Waals surface area contributed by atoms with E-state index >= 15 is 0 Å². The van der Waals surface area contributed by atoms with E-state index < -0.39 is 15.9 Å². The van der Waals surface area contributed by atoms with Crippen LogP contribution in [0.3, 0.4) is 0 Å². The maximum atomic E-state index is 11.1. The first-order valence-corrected chi connectivity index (χ1v) is 6.18. The van der Waals surface area contributed by atoms with E-state index in [9.17, 15) is 13.2 Å². The number of sulfonamides is 1. The predicted octanol–water partition coefficient (Wildman–Crippen LogP) is -1.16. The molecule has 0 saturated carbocycles. The number of hydrogen-bond acceptors (Lipinski definition) is 5. The molecule has 1 rings (SSSR count). The van der Waals surface area contributed by atoms with Crippen LogP contribution in [0.15, 0.2) is 23.1 Å². The zero-order valence-electron chi connectivity index (χ0n) is 9.25. The van der Waals surface area contributed by atoms with Crippen LogP contribution >= 0.6 is 0 Å². The van der Waals surface area contributed by atoms with Gasteiger partial charge < -0.3 is 16.4 Å². The lowest BCUT2D eigenvalue weighted by Gasteiger charge is -2.19. The van der Waals surface area contributed by atoms with Crippen molar-refractivity contribution in [3.05, 3.63) is 18.2 Å². The maximum Gasteiger partial charge on any atom is 0.238 e. The maximum absolute atomic E-state index is 11.1. The molecule has 94 valence electrons. The first kappa shape index (κ1) is 13.3. The highest BCUT2D eigenvalue weighted by Crippen LogP contribution is 2.24. The summed E-state index contributed by atoms with van der Waals surface area (Å²) in [5.74, 6) is -0.512. The summed E-state index contributed by atoms with van der Waals surface area (Å²) in [4.78, 5) is 12.2. The van der Waals surface area contributed by atoms with Crippen molar-refractivity contribution in [3.63, 3.8) is 0 Å². The van der Waals surface area contributed by atoms with Gasteiger partial charge in [-0.05, 0) is 18.2 Å². The predicted molar refractivity (Wildman–Crippen MR) is 64.7 cm³/mol. The Hall–Kier alpha value is -1.80. The molecule has 6 N–H and O–H groups in total. The SMILES string of the molecule is CN(CC(N)=O)c1ccc(S(N)(=O)=O)cc1N. The highest BCUT2D eigenvalue weighted by atomic mass is 32.2. The van der Waals surface area contributed by atoms with Gasteiger partial charge in [0.05, 0.1) is 22.8 Å². The third-order valence-corrected chi connectivity index (χ3v) is 3.04. The Morgan fingerprint density at radius 3 is 2.41 bits per heavy atom. The topological polar surface area (TPSA) is 133 Å². The molecular formula is C9H14N4O3S. The minimum absolute atomic E-state index is 0.0150. The normalized spacial score (nSPS) is 11.2. The van der Waals surface area contributed by atoms with Crippen LogP contribution in [0.1, 0.15) is 0 Å². The zero-order valence-corrected chi connectivity index (χ0v) is 10.1. The van der Waals surface area contributed by atoms with Gasteiger partial charge in [0.25, 0.3) is 0 Å². The lowest BCUT2D eigenvalue weighted by atomic mass is 10.2. The van der Waals surface area contributed by atoms with Crippen LogP contribution < -0.4 is 21.5 Å². The summed E-state index contributed by atoms with van der Waals surface area (Å²) in [6.07, 6.45) is 0. The number of hydrogen-bond donors (Lipinski definition) is 3. The fraction of sp³-hybridized carbons (Fsp3) is 0.222. The van der Waals surface area contributed by atoms with E-state index in [-0.39, 0.29) is 17.1 Å². The molecule has 0 aliphatic rings. The molecule has 1 aromatic rings. The summed E-state index contributed by atoms with van der Waals surface area (Å²) in [5.41, 5.74) is 11.4. The molecule has 0 atom stereocenters. The summed E-state index contributed by atoms with van der Waals surface area (Å²) < 4.78 is 22.2. The number of benzene rings is 1. The van der Waals surface area contributed by atoms with Crippen LogP contribution in [0, 0.1) is 0 Å². The van der Waals surface area contributed by atoms with Crippen LogP contribution in [-0.4, -0.2) is 27.9 Å². The van der Waals surface area contributed by atoms with Crippen molar-refractivity contribution in [2.24, 2.45) is 10.9 Å². The van der Waals surface area contributed by atoms with Crippen molar-refractivity contribution in [3.8, 4) is 0 Å². The van der Waals surface area contributed by atoms with E-state index in [2.05, 4.69) is 0 Å². The third kappa shape index (κ3) is 3.33. The van der Waals surface area contributed by atoms with Gasteiger partial charge in [-0.25, -0.2) is 13.6 Å². The number of primary amides is 1. The summed E-state index contributed by atoms with van der Waals surface area (Å²) in [7, 11) is -2.16. The summed E-state index contributed by atoms with van der Waals surface area (Å²) in [6.45, 7) is -0.0150. The molecular weight excluding hydrogens is 244 g/mol. The van der Waals surface area contributed by atoms with Crippen LogP contribution in [0.4, 0.5) is 11.4 Å². The van der Waals surface area contributed by atoms with Crippen LogP contribution in [0.25, 0.3) is 0 Å². The van der Waals surface area contributed by atoms with E-state index in [1.807, 2.05) is 0 Å². The monoisotopic (exact) mass is 258 g/mol. The standard InChI is InChI=1S/C9H14N4O3S/c1-13(5-9(11)14)8-3-2-6(4-7(8)10)17(12,15)16/h2-4H,5,10H2,1H3,(H2,11,14)(H2,12,15,16). The smallest absolute Gasteiger partial charge is 0.238 e. The van der Waals surface area contributed by atoms with Gasteiger partial charge >= 0.3 is 0 Å². The molecule has 0 fully saturated rings. The van der Waals surface area contributed by atoms with Gasteiger partial charge in [0.1, 0.15) is 0 Å². The van der Waals surface area contributed by atoms with E-state index in [0.717, 1.165) is 0 Å². The average molecular weight is 258 g/mol. The molecule has 0 radical (unpaired) electrons. The van der Waals surface area contributed by atoms with Gasteiger partial charge in [-0.15, -0.1) is 0 Å². The van der Waals surface area contributed by atoms with Crippen molar-refractivity contribution < 1.29 is 13.2 Å². The van der Waals surface area contributed by atoms with Crippen molar-refractivity contribution >= 4 is 27.3 Å². The zero-order chi connectivity index (χ0) is 13.2. The highest BCUT2D eigenvalue weighted by Gasteiger charge is 2.12. The Labute approximate surface area is 99.2 Å². The lowest BCUT2D eigenvalue weighted by Crippen LogP contribution is -2.31. The van der Waals surface area contributed by atoms with Gasteiger partial charge in [0, 0.05) is 7.05 Å². The molecule has 8 heteroatoms. The van der Waals surface area contributed by atoms with E-state index in [1.54, 1.807) is 7.05 Å². The van der Waals surface area contributed by atoms with Crippen molar-refractivity contribution in [2.75, 3.05) is 24.2 Å². The van der Waals surface area contributed by atoms with E-state index in [1.165, 1.54) is 23.1 Å². The van der Waals surface area contributed by atoms with E-state index in [4.69, 9.17) is 16.6 Å². The van der Waals surface area contributed by atoms with Crippen molar-refractivity contribution in [2.45, 2.75) is 4.90 Å². The largest absolute Gasteiger partial charge is 0.397 e. The molecule has 0 aromatic heterocycles. The number of primary sulfonamides is 1. The van der Waals surface area contributed by atoms with Gasteiger partial charge in [0.15, 0.2) is 0 Å². The number of amides is 1. The molecule has 1 amide bonds. The third-order valence-electron chi connectivity index (χ3n) is 2.13. The molecule has 0 aliphatic carbocycles. The molecule has 0 bridgehead atoms. The quantitative estimate of drug-likeness (QED) is 0.586. The first-order valence-electron chi connectivity index (χ1n) is 4.63. The number of nitrogens with two attached hydrogens (primary N) is 3. The van der Waals surface area contributed by atoms with Gasteiger partial charge in [-0.3, -0.25) is 4.79 Å². The van der Waals surface area contributed by atoms with E-state index in [0.29, 0.717) is 5.69 Å². The lowest BCUT2D eigenvalue weighted by molar-refractivity contribution is -0.116. The Balaban J connectivity index is 3.10. The Morgan fingerprint density at radius 1 is 1.41 bits per heavy atom. The fourth-order valence-electron chi connectivity index (χ4n) is 1.38. The van der Waals surface area contributed by atoms with Gasteiger partial charge in [0.2, 0.25) is 15.9 Å². The average Bonchev–Trinajstić information content (AvgIpc) is 2.14. The summed E-state index contributed by atoms with van der Waals surface area (Å²) in [6, 6.07) is 4.03. The second kappa shape index (κ2) is 4.60. The summed E-state index contributed by atoms with van der Waals surface area (Å²) in [5, 5.41) is 4.96. The van der Waals surface area contributed by atoms with Crippen LogP contribution in [0.2, 0.25) is 0 Å². The molecule has 0 spiro atoms. The molecule has 0 heterocycles. The highest BCUT2D eigenvalue weighted by molar-refractivity contribution is 7.89. The molecule has 17 heavy (non-hydrogen) atoms. The van der Waals surface area contributed by atoms with Crippen LogP contribution in [-0.2, 0) is 14.8 Å². The van der Waals surface area contributed by atoms with Crippen LogP contribution in [0.5, 0.6) is 0 Å². The minimum atomic E-state index is -3.78. The fourth-order valence-corrected chi connectivity index (χ4v) is 1.93. The number of likely N-dealkylation sites (N-methyl/N-ethyl adjacent to an activating group) is 1. The molecule has 1 aromatic carbocycles. The number of nitrogen functional groups attached to an aromatic ring is 1.